The van der Waals surface area contributed by atoms with Gasteiger partial charge in [0.25, 0.3) is 0 Å². The second kappa shape index (κ2) is 12.2. The van der Waals surface area contributed by atoms with Gasteiger partial charge in [-0.15, -0.1) is 0 Å². The third kappa shape index (κ3) is 7.35. The Hall–Kier alpha value is -2.57. The molecule has 0 bridgehead atoms. The monoisotopic (exact) mass is 411 g/mol. The van der Waals surface area contributed by atoms with Crippen LogP contribution >= 0.6 is 0 Å². The van der Waals surface area contributed by atoms with Crippen LogP contribution in [0, 0.1) is 6.92 Å². The molecule has 162 valence electrons. The second-order valence-electron chi connectivity index (χ2n) is 7.45. The summed E-state index contributed by atoms with van der Waals surface area (Å²) in [5.74, 6) is 1.64. The average Bonchev–Trinajstić information content (AvgIpc) is 3.29. The predicted octanol–water partition coefficient (Wildman–Crippen LogP) is 3.43. The Morgan fingerprint density at radius 1 is 1.17 bits per heavy atom. The molecule has 1 heterocycles. The first-order valence-corrected chi connectivity index (χ1v) is 10.6. The SMILES string of the molecule is CN=C(NCCOCc1ccccc1)NCc1ccc(C)cc1OCC1CCCO1. The van der Waals surface area contributed by atoms with Gasteiger partial charge < -0.3 is 24.8 Å². The zero-order valence-corrected chi connectivity index (χ0v) is 18.0. The van der Waals surface area contributed by atoms with Gasteiger partial charge in [0.05, 0.1) is 19.3 Å². The van der Waals surface area contributed by atoms with Crippen molar-refractivity contribution in [2.75, 3.05) is 33.4 Å². The highest BCUT2D eigenvalue weighted by Crippen LogP contribution is 2.22. The van der Waals surface area contributed by atoms with Crippen LogP contribution in [0.1, 0.15) is 29.5 Å². The molecule has 0 amide bonds. The van der Waals surface area contributed by atoms with E-state index in [1.165, 1.54) is 11.1 Å². The topological polar surface area (TPSA) is 64.1 Å². The summed E-state index contributed by atoms with van der Waals surface area (Å²) in [5.41, 5.74) is 3.45. The number of nitrogens with zero attached hydrogens (tertiary/aromatic N) is 1. The number of ether oxygens (including phenoxy) is 3. The van der Waals surface area contributed by atoms with E-state index in [0.29, 0.717) is 32.9 Å². The first-order valence-electron chi connectivity index (χ1n) is 10.6. The molecule has 2 N–H and O–H groups in total. The summed E-state index contributed by atoms with van der Waals surface area (Å²) < 4.78 is 17.5. The van der Waals surface area contributed by atoms with Crippen molar-refractivity contribution in [1.82, 2.24) is 10.6 Å². The molecule has 6 heteroatoms. The maximum atomic E-state index is 6.08. The van der Waals surface area contributed by atoms with E-state index in [0.717, 1.165) is 36.7 Å². The lowest BCUT2D eigenvalue weighted by atomic mass is 10.1. The normalized spacial score (nSPS) is 16.5. The highest BCUT2D eigenvalue weighted by molar-refractivity contribution is 5.79. The van der Waals surface area contributed by atoms with Crippen LogP contribution in [0.2, 0.25) is 0 Å². The van der Waals surface area contributed by atoms with Gasteiger partial charge in [-0.05, 0) is 37.0 Å². The molecule has 3 rings (SSSR count). The van der Waals surface area contributed by atoms with Gasteiger partial charge in [0, 0.05) is 32.3 Å². The smallest absolute Gasteiger partial charge is 0.191 e. The van der Waals surface area contributed by atoms with Crippen LogP contribution in [-0.4, -0.2) is 45.5 Å². The maximum Gasteiger partial charge on any atom is 0.191 e. The lowest BCUT2D eigenvalue weighted by molar-refractivity contribution is 0.0676. The van der Waals surface area contributed by atoms with Crippen molar-refractivity contribution in [2.45, 2.75) is 39.0 Å². The third-order valence-corrected chi connectivity index (χ3v) is 4.99. The molecular weight excluding hydrogens is 378 g/mol. The average molecular weight is 412 g/mol. The van der Waals surface area contributed by atoms with Crippen molar-refractivity contribution in [3.05, 3.63) is 65.2 Å². The summed E-state index contributed by atoms with van der Waals surface area (Å²) in [5, 5.41) is 6.64. The van der Waals surface area contributed by atoms with Crippen LogP contribution < -0.4 is 15.4 Å². The molecule has 1 unspecified atom stereocenters. The maximum absolute atomic E-state index is 6.08. The molecular formula is C24H33N3O3. The molecule has 30 heavy (non-hydrogen) atoms. The molecule has 2 aromatic rings. The van der Waals surface area contributed by atoms with Crippen molar-refractivity contribution >= 4 is 5.96 Å². The van der Waals surface area contributed by atoms with Crippen molar-refractivity contribution in [3.8, 4) is 5.75 Å². The van der Waals surface area contributed by atoms with E-state index in [1.807, 2.05) is 18.2 Å². The molecule has 0 spiro atoms. The number of benzene rings is 2. The number of nitrogens with one attached hydrogen (secondary N) is 2. The van der Waals surface area contributed by atoms with E-state index in [4.69, 9.17) is 14.2 Å². The third-order valence-electron chi connectivity index (χ3n) is 4.99. The Morgan fingerprint density at radius 3 is 2.80 bits per heavy atom. The van der Waals surface area contributed by atoms with Crippen LogP contribution in [0.4, 0.5) is 0 Å². The van der Waals surface area contributed by atoms with Gasteiger partial charge in [0.2, 0.25) is 0 Å². The van der Waals surface area contributed by atoms with E-state index in [9.17, 15) is 0 Å². The Bertz CT molecular complexity index is 790. The Labute approximate surface area is 179 Å². The molecule has 0 saturated carbocycles. The number of hydrogen-bond donors (Lipinski definition) is 2. The summed E-state index contributed by atoms with van der Waals surface area (Å²) in [6.07, 6.45) is 2.40. The fourth-order valence-electron chi connectivity index (χ4n) is 3.31. The molecule has 1 atom stereocenters. The molecule has 1 aliphatic rings. The molecule has 2 aromatic carbocycles. The van der Waals surface area contributed by atoms with Gasteiger partial charge in [-0.2, -0.15) is 0 Å². The van der Waals surface area contributed by atoms with Gasteiger partial charge in [0.15, 0.2) is 5.96 Å². The van der Waals surface area contributed by atoms with Gasteiger partial charge >= 0.3 is 0 Å². The fourth-order valence-corrected chi connectivity index (χ4v) is 3.31. The van der Waals surface area contributed by atoms with Gasteiger partial charge in [-0.1, -0.05) is 42.5 Å². The van der Waals surface area contributed by atoms with E-state index in [1.54, 1.807) is 7.05 Å². The van der Waals surface area contributed by atoms with E-state index < -0.39 is 0 Å². The number of aryl methyl sites for hydroxylation is 1. The van der Waals surface area contributed by atoms with Crippen LogP contribution in [0.25, 0.3) is 0 Å². The summed E-state index contributed by atoms with van der Waals surface area (Å²) in [7, 11) is 1.77. The minimum Gasteiger partial charge on any atom is -0.491 e. The van der Waals surface area contributed by atoms with Gasteiger partial charge in [-0.25, -0.2) is 0 Å². The van der Waals surface area contributed by atoms with Gasteiger partial charge in [-0.3, -0.25) is 4.99 Å². The van der Waals surface area contributed by atoms with Crippen molar-refractivity contribution < 1.29 is 14.2 Å². The number of rotatable bonds is 10. The summed E-state index contributed by atoms with van der Waals surface area (Å²) in [6, 6.07) is 16.5. The molecule has 0 aromatic heterocycles. The Morgan fingerprint density at radius 2 is 2.03 bits per heavy atom. The summed E-state index contributed by atoms with van der Waals surface area (Å²) in [4.78, 5) is 4.29. The molecule has 0 radical (unpaired) electrons. The zero-order valence-electron chi connectivity index (χ0n) is 18.0. The number of aliphatic imine (C=N–C) groups is 1. The number of guanidine groups is 1. The lowest BCUT2D eigenvalue weighted by Crippen LogP contribution is -2.38. The minimum atomic E-state index is 0.205. The Balaban J connectivity index is 1.41. The van der Waals surface area contributed by atoms with E-state index in [-0.39, 0.29) is 6.10 Å². The fraction of sp³-hybridized carbons (Fsp3) is 0.458. The van der Waals surface area contributed by atoms with Crippen LogP contribution in [0.15, 0.2) is 53.5 Å². The standard InChI is InChI=1S/C24H33N3O3/c1-19-10-11-21(23(15-19)30-18-22-9-6-13-29-22)16-27-24(25-2)26-12-14-28-17-20-7-4-3-5-8-20/h3-5,7-8,10-11,15,22H,6,9,12-14,16-18H2,1-2H3,(H2,25,26,27). The van der Waals surface area contributed by atoms with Crippen LogP contribution in [0.5, 0.6) is 5.75 Å². The second-order valence-corrected chi connectivity index (χ2v) is 7.45. The summed E-state index contributed by atoms with van der Waals surface area (Å²) in [6.45, 7) is 6.05. The first kappa shape index (κ1) is 22.1. The minimum absolute atomic E-state index is 0.205. The van der Waals surface area contributed by atoms with Crippen molar-refractivity contribution in [1.29, 1.82) is 0 Å². The van der Waals surface area contributed by atoms with Crippen LogP contribution in [0.3, 0.4) is 0 Å². The largest absolute Gasteiger partial charge is 0.491 e. The lowest BCUT2D eigenvalue weighted by Gasteiger charge is -2.17. The van der Waals surface area contributed by atoms with E-state index >= 15 is 0 Å². The van der Waals surface area contributed by atoms with Gasteiger partial charge in [0.1, 0.15) is 12.4 Å². The first-order chi connectivity index (χ1) is 14.7. The zero-order chi connectivity index (χ0) is 21.0. The van der Waals surface area contributed by atoms with Crippen LogP contribution in [-0.2, 0) is 22.6 Å². The number of hydrogen-bond acceptors (Lipinski definition) is 4. The molecule has 6 nitrogen and oxygen atoms in total. The highest BCUT2D eigenvalue weighted by Gasteiger charge is 2.17. The molecule has 1 fully saturated rings. The summed E-state index contributed by atoms with van der Waals surface area (Å²) >= 11 is 0. The molecule has 0 aliphatic carbocycles. The quantitative estimate of drug-likeness (QED) is 0.356. The van der Waals surface area contributed by atoms with Crippen molar-refractivity contribution in [3.63, 3.8) is 0 Å². The predicted molar refractivity (Wildman–Crippen MR) is 120 cm³/mol. The van der Waals surface area contributed by atoms with E-state index in [2.05, 4.69) is 52.9 Å². The molecule has 1 saturated heterocycles. The Kier molecular flexibility index (Phi) is 9.00. The highest BCUT2D eigenvalue weighted by atomic mass is 16.5. The molecule has 1 aliphatic heterocycles. The van der Waals surface area contributed by atoms with Crippen molar-refractivity contribution in [2.24, 2.45) is 4.99 Å².